The molecule has 0 saturated heterocycles. The minimum Gasteiger partial charge on any atom is -0.385 e. The Morgan fingerprint density at radius 3 is 2.70 bits per heavy atom. The predicted octanol–water partition coefficient (Wildman–Crippen LogP) is 0.501. The van der Waals surface area contributed by atoms with Crippen molar-refractivity contribution in [3.63, 3.8) is 0 Å². The molecule has 60 valence electrons. The Bertz CT molecular complexity index is 85.7. The zero-order valence-electron chi connectivity index (χ0n) is 6.67. The lowest BCUT2D eigenvalue weighted by atomic mass is 10.3. The van der Waals surface area contributed by atoms with Crippen molar-refractivity contribution in [3.8, 4) is 0 Å². The van der Waals surface area contributed by atoms with Crippen molar-refractivity contribution >= 4 is 6.41 Å². The number of carbonyl (C=O) groups excluding carboxylic acids is 1. The number of hydrogen-bond acceptors (Lipinski definition) is 2. The third-order valence-electron chi connectivity index (χ3n) is 1.29. The summed E-state index contributed by atoms with van der Waals surface area (Å²) in [5, 5.41) is 0. The number of methoxy groups -OCH3 is 1. The monoisotopic (exact) mass is 145 g/mol. The molecule has 10 heavy (non-hydrogen) atoms. The van der Waals surface area contributed by atoms with Crippen LogP contribution >= 0.6 is 0 Å². The predicted molar refractivity (Wildman–Crippen MR) is 39.8 cm³/mol. The second-order valence-electron chi connectivity index (χ2n) is 2.29. The first-order chi connectivity index (χ1) is 4.81. The van der Waals surface area contributed by atoms with Crippen LogP contribution < -0.4 is 0 Å². The normalized spacial score (nSPS) is 9.40. The Hall–Kier alpha value is -0.570. The molecule has 0 heterocycles. The van der Waals surface area contributed by atoms with Gasteiger partial charge in [-0.1, -0.05) is 0 Å². The van der Waals surface area contributed by atoms with Gasteiger partial charge in [-0.15, -0.1) is 0 Å². The molecule has 0 aromatic carbocycles. The van der Waals surface area contributed by atoms with Crippen molar-refractivity contribution in [2.24, 2.45) is 0 Å². The molecule has 0 aromatic rings. The Morgan fingerprint density at radius 1 is 1.50 bits per heavy atom. The molecular weight excluding hydrogens is 130 g/mol. The minimum absolute atomic E-state index is 0.784. The van der Waals surface area contributed by atoms with Crippen LogP contribution in [-0.2, 0) is 9.53 Å². The number of ether oxygens (including phenoxy) is 1. The molecule has 0 aliphatic heterocycles. The number of hydrogen-bond donors (Lipinski definition) is 0. The van der Waals surface area contributed by atoms with Crippen LogP contribution in [0.5, 0.6) is 0 Å². The zero-order chi connectivity index (χ0) is 7.82. The van der Waals surface area contributed by atoms with Gasteiger partial charge in [0.25, 0.3) is 0 Å². The van der Waals surface area contributed by atoms with Crippen molar-refractivity contribution < 1.29 is 9.53 Å². The standard InChI is InChI=1S/C7H15NO2/c1-8(7-9)5-3-4-6-10-2/h7H,3-6H2,1-2H3. The van der Waals surface area contributed by atoms with Crippen LogP contribution in [0.15, 0.2) is 0 Å². The van der Waals surface area contributed by atoms with Gasteiger partial charge in [0.1, 0.15) is 0 Å². The van der Waals surface area contributed by atoms with Gasteiger partial charge in [-0.25, -0.2) is 0 Å². The quantitative estimate of drug-likeness (QED) is 0.402. The molecule has 0 atom stereocenters. The average molecular weight is 145 g/mol. The number of carbonyl (C=O) groups is 1. The Balaban J connectivity index is 2.95. The topological polar surface area (TPSA) is 29.5 Å². The fourth-order valence-corrected chi connectivity index (χ4v) is 0.660. The fourth-order valence-electron chi connectivity index (χ4n) is 0.660. The lowest BCUT2D eigenvalue weighted by molar-refractivity contribution is -0.117. The van der Waals surface area contributed by atoms with Crippen LogP contribution in [0, 0.1) is 0 Å². The molecule has 0 spiro atoms. The molecule has 0 rings (SSSR count). The lowest BCUT2D eigenvalue weighted by Gasteiger charge is -2.08. The van der Waals surface area contributed by atoms with Crippen molar-refractivity contribution in [1.29, 1.82) is 0 Å². The molecule has 0 fully saturated rings. The molecule has 0 N–H and O–H groups in total. The maximum Gasteiger partial charge on any atom is 0.209 e. The summed E-state index contributed by atoms with van der Waals surface area (Å²) in [6, 6.07) is 0. The van der Waals surface area contributed by atoms with Gasteiger partial charge in [-0.2, -0.15) is 0 Å². The molecule has 0 bridgehead atoms. The van der Waals surface area contributed by atoms with E-state index in [1.54, 1.807) is 19.1 Å². The van der Waals surface area contributed by atoms with E-state index in [0.717, 1.165) is 32.4 Å². The van der Waals surface area contributed by atoms with Crippen LogP contribution in [-0.4, -0.2) is 38.6 Å². The molecular formula is C7H15NO2. The van der Waals surface area contributed by atoms with Crippen molar-refractivity contribution in [2.75, 3.05) is 27.3 Å². The number of amides is 1. The first-order valence-corrected chi connectivity index (χ1v) is 3.45. The Labute approximate surface area is 62.0 Å². The third kappa shape index (κ3) is 5.56. The average Bonchev–Trinajstić information content (AvgIpc) is 1.98. The van der Waals surface area contributed by atoms with E-state index in [1.807, 2.05) is 0 Å². The fraction of sp³-hybridized carbons (Fsp3) is 0.857. The Morgan fingerprint density at radius 2 is 2.20 bits per heavy atom. The number of unbranched alkanes of at least 4 members (excludes halogenated alkanes) is 1. The van der Waals surface area contributed by atoms with E-state index in [1.165, 1.54) is 0 Å². The molecule has 3 heteroatoms. The van der Waals surface area contributed by atoms with Gasteiger partial charge in [-0.05, 0) is 12.8 Å². The van der Waals surface area contributed by atoms with Gasteiger partial charge in [0.05, 0.1) is 0 Å². The second kappa shape index (κ2) is 6.55. The SMILES string of the molecule is COCCCCN(C)C=O. The summed E-state index contributed by atoms with van der Waals surface area (Å²) < 4.78 is 4.85. The van der Waals surface area contributed by atoms with Crippen molar-refractivity contribution in [1.82, 2.24) is 4.90 Å². The summed E-state index contributed by atoms with van der Waals surface area (Å²) in [4.78, 5) is 11.7. The lowest BCUT2D eigenvalue weighted by Crippen LogP contribution is -2.17. The molecule has 0 unspecified atom stereocenters. The summed E-state index contributed by atoms with van der Waals surface area (Å²) in [7, 11) is 3.46. The van der Waals surface area contributed by atoms with Crippen molar-refractivity contribution in [3.05, 3.63) is 0 Å². The minimum atomic E-state index is 0.784. The summed E-state index contributed by atoms with van der Waals surface area (Å²) >= 11 is 0. The first kappa shape index (κ1) is 9.43. The van der Waals surface area contributed by atoms with Crippen molar-refractivity contribution in [2.45, 2.75) is 12.8 Å². The zero-order valence-corrected chi connectivity index (χ0v) is 6.67. The highest BCUT2D eigenvalue weighted by atomic mass is 16.5. The van der Waals surface area contributed by atoms with E-state index in [0.29, 0.717) is 0 Å². The highest BCUT2D eigenvalue weighted by molar-refractivity contribution is 5.46. The van der Waals surface area contributed by atoms with Crippen LogP contribution in [0.4, 0.5) is 0 Å². The molecule has 3 nitrogen and oxygen atoms in total. The van der Waals surface area contributed by atoms with Crippen LogP contribution in [0.3, 0.4) is 0 Å². The highest BCUT2D eigenvalue weighted by Gasteiger charge is 1.91. The summed E-state index contributed by atoms with van der Waals surface area (Å²) in [5.74, 6) is 0. The smallest absolute Gasteiger partial charge is 0.209 e. The van der Waals surface area contributed by atoms with E-state index < -0.39 is 0 Å². The molecule has 0 aliphatic carbocycles. The van der Waals surface area contributed by atoms with Gasteiger partial charge in [0.2, 0.25) is 6.41 Å². The van der Waals surface area contributed by atoms with E-state index in [4.69, 9.17) is 4.74 Å². The van der Waals surface area contributed by atoms with Crippen LogP contribution in [0.2, 0.25) is 0 Å². The van der Waals surface area contributed by atoms with Gasteiger partial charge in [0.15, 0.2) is 0 Å². The first-order valence-electron chi connectivity index (χ1n) is 3.45. The van der Waals surface area contributed by atoms with Crippen LogP contribution in [0.25, 0.3) is 0 Å². The number of nitrogens with zero attached hydrogens (tertiary/aromatic N) is 1. The molecule has 0 saturated carbocycles. The maximum absolute atomic E-state index is 10.1. The summed E-state index contributed by atoms with van der Waals surface area (Å²) in [6.07, 6.45) is 2.88. The van der Waals surface area contributed by atoms with Crippen LogP contribution in [0.1, 0.15) is 12.8 Å². The molecule has 0 aromatic heterocycles. The summed E-state index contributed by atoms with van der Waals surface area (Å²) in [5.41, 5.74) is 0. The van der Waals surface area contributed by atoms with Gasteiger partial charge < -0.3 is 9.64 Å². The van der Waals surface area contributed by atoms with E-state index in [9.17, 15) is 4.79 Å². The van der Waals surface area contributed by atoms with E-state index in [-0.39, 0.29) is 0 Å². The molecule has 0 aliphatic rings. The van der Waals surface area contributed by atoms with Gasteiger partial charge in [0, 0.05) is 27.3 Å². The number of rotatable bonds is 6. The third-order valence-corrected chi connectivity index (χ3v) is 1.29. The highest BCUT2D eigenvalue weighted by Crippen LogP contribution is 1.90. The van der Waals surface area contributed by atoms with E-state index >= 15 is 0 Å². The second-order valence-corrected chi connectivity index (χ2v) is 2.29. The van der Waals surface area contributed by atoms with Gasteiger partial charge >= 0.3 is 0 Å². The molecule has 0 radical (unpaired) electrons. The molecule has 1 amide bonds. The van der Waals surface area contributed by atoms with Gasteiger partial charge in [-0.3, -0.25) is 4.79 Å². The maximum atomic E-state index is 10.1. The largest absolute Gasteiger partial charge is 0.385 e. The Kier molecular flexibility index (Phi) is 6.18. The summed E-state index contributed by atoms with van der Waals surface area (Å²) in [6.45, 7) is 1.61. The van der Waals surface area contributed by atoms with E-state index in [2.05, 4.69) is 0 Å².